The van der Waals surface area contributed by atoms with Gasteiger partial charge in [-0.15, -0.1) is 0 Å². The molecule has 8 nitrogen and oxygen atoms in total. The van der Waals surface area contributed by atoms with Crippen molar-refractivity contribution in [3.63, 3.8) is 0 Å². The molecule has 2 aromatic rings. The third kappa shape index (κ3) is 6.57. The van der Waals surface area contributed by atoms with E-state index in [-0.39, 0.29) is 30.4 Å². The molecule has 3 amide bonds. The summed E-state index contributed by atoms with van der Waals surface area (Å²) < 4.78 is 5.53. The van der Waals surface area contributed by atoms with E-state index in [2.05, 4.69) is 16.0 Å². The fourth-order valence-corrected chi connectivity index (χ4v) is 4.25. The number of nitrogens with one attached hydrogen (secondary N) is 3. The van der Waals surface area contributed by atoms with Gasteiger partial charge in [-0.05, 0) is 74.6 Å². The van der Waals surface area contributed by atoms with Crippen LogP contribution in [0.15, 0.2) is 48.5 Å². The molecule has 0 radical (unpaired) electrons. The van der Waals surface area contributed by atoms with Crippen molar-refractivity contribution < 1.29 is 19.1 Å². The lowest BCUT2D eigenvalue weighted by Gasteiger charge is -2.26. The number of anilines is 2. The quantitative estimate of drug-likeness (QED) is 0.557. The molecule has 2 saturated heterocycles. The van der Waals surface area contributed by atoms with Gasteiger partial charge in [0.15, 0.2) is 0 Å². The van der Waals surface area contributed by atoms with Gasteiger partial charge in [-0.25, -0.2) is 0 Å². The second-order valence-electron chi connectivity index (χ2n) is 8.76. The third-order valence-electron chi connectivity index (χ3n) is 6.15. The van der Waals surface area contributed by atoms with Crippen LogP contribution < -0.4 is 16.0 Å². The topological polar surface area (TPSA) is 99.8 Å². The van der Waals surface area contributed by atoms with Crippen LogP contribution in [0.1, 0.15) is 52.8 Å². The van der Waals surface area contributed by atoms with Crippen LogP contribution in [0.25, 0.3) is 0 Å². The molecule has 2 heterocycles. The van der Waals surface area contributed by atoms with Gasteiger partial charge in [-0.1, -0.05) is 6.07 Å². The zero-order valence-corrected chi connectivity index (χ0v) is 19.3. The molecule has 34 heavy (non-hydrogen) atoms. The molecule has 0 spiro atoms. The van der Waals surface area contributed by atoms with Gasteiger partial charge in [-0.2, -0.15) is 0 Å². The smallest absolute Gasteiger partial charge is 0.253 e. The first-order valence-electron chi connectivity index (χ1n) is 12.0. The van der Waals surface area contributed by atoms with E-state index in [4.69, 9.17) is 4.74 Å². The summed E-state index contributed by atoms with van der Waals surface area (Å²) in [6, 6.07) is 14.0. The molecular formula is C26H32N4O4. The highest BCUT2D eigenvalue weighted by Gasteiger charge is 2.18. The Labute approximate surface area is 200 Å². The van der Waals surface area contributed by atoms with Crippen LogP contribution in [0.5, 0.6) is 0 Å². The molecule has 2 aliphatic heterocycles. The maximum Gasteiger partial charge on any atom is 0.253 e. The number of hydrogen-bond donors (Lipinski definition) is 3. The molecule has 1 unspecified atom stereocenters. The summed E-state index contributed by atoms with van der Waals surface area (Å²) in [5.41, 5.74) is 2.45. The number of benzene rings is 2. The first-order chi connectivity index (χ1) is 16.6. The molecule has 0 aromatic heterocycles. The van der Waals surface area contributed by atoms with E-state index in [1.165, 1.54) is 6.42 Å². The average molecular weight is 465 g/mol. The molecule has 2 fully saturated rings. The van der Waals surface area contributed by atoms with Crippen LogP contribution in [0, 0.1) is 0 Å². The minimum atomic E-state index is -0.231. The molecule has 3 N–H and O–H groups in total. The predicted molar refractivity (Wildman–Crippen MR) is 131 cm³/mol. The lowest BCUT2D eigenvalue weighted by molar-refractivity contribution is -0.114. The number of piperidine rings is 1. The van der Waals surface area contributed by atoms with Gasteiger partial charge < -0.3 is 25.6 Å². The summed E-state index contributed by atoms with van der Waals surface area (Å²) in [5.74, 6) is -0.363. The second kappa shape index (κ2) is 11.7. The summed E-state index contributed by atoms with van der Waals surface area (Å²) in [4.78, 5) is 39.3. The van der Waals surface area contributed by atoms with Crippen molar-refractivity contribution in [1.29, 1.82) is 0 Å². The van der Waals surface area contributed by atoms with Gasteiger partial charge in [0.2, 0.25) is 5.91 Å². The van der Waals surface area contributed by atoms with Gasteiger partial charge in [0.05, 0.1) is 12.6 Å². The number of ether oxygens (including phenoxy) is 1. The fourth-order valence-electron chi connectivity index (χ4n) is 4.25. The highest BCUT2D eigenvalue weighted by Crippen LogP contribution is 2.16. The van der Waals surface area contributed by atoms with Crippen molar-refractivity contribution in [2.75, 3.05) is 43.4 Å². The van der Waals surface area contributed by atoms with Crippen molar-refractivity contribution >= 4 is 29.1 Å². The van der Waals surface area contributed by atoms with E-state index < -0.39 is 0 Å². The summed E-state index contributed by atoms with van der Waals surface area (Å²) in [7, 11) is 0. The maximum atomic E-state index is 12.6. The molecule has 0 saturated carbocycles. The highest BCUT2D eigenvalue weighted by atomic mass is 16.5. The van der Waals surface area contributed by atoms with Crippen molar-refractivity contribution in [3.8, 4) is 0 Å². The van der Waals surface area contributed by atoms with E-state index in [0.717, 1.165) is 51.1 Å². The normalized spacial score (nSPS) is 17.8. The standard InChI is InChI=1S/C26H32N4O4/c31-24(18-27-21-11-9-19(10-12-21)26(33)30-13-2-1-3-14-30)29-22-7-4-6-20(16-22)25(32)28-17-23-8-5-15-34-23/h4,6-7,9-12,16,23,27H,1-3,5,8,13-15,17-18H2,(H,28,32)(H,29,31). The molecule has 4 rings (SSSR count). The Kier molecular flexibility index (Phi) is 8.14. The fraction of sp³-hybridized carbons (Fsp3) is 0.423. The van der Waals surface area contributed by atoms with E-state index in [1.54, 1.807) is 36.4 Å². The zero-order chi connectivity index (χ0) is 23.8. The SMILES string of the molecule is O=C(CNc1ccc(C(=O)N2CCCCC2)cc1)Nc1cccc(C(=O)NCC2CCCO2)c1. The first-order valence-corrected chi connectivity index (χ1v) is 12.0. The molecule has 2 aliphatic rings. The maximum absolute atomic E-state index is 12.6. The number of likely N-dealkylation sites (tertiary alicyclic amines) is 1. The Hall–Kier alpha value is -3.39. The summed E-state index contributed by atoms with van der Waals surface area (Å²) >= 11 is 0. The Bertz CT molecular complexity index is 996. The van der Waals surface area contributed by atoms with Gasteiger partial charge in [-0.3, -0.25) is 14.4 Å². The van der Waals surface area contributed by atoms with Crippen molar-refractivity contribution in [2.45, 2.75) is 38.2 Å². The monoisotopic (exact) mass is 464 g/mol. The molecule has 0 bridgehead atoms. The molecule has 1 atom stereocenters. The average Bonchev–Trinajstić information content (AvgIpc) is 3.40. The van der Waals surface area contributed by atoms with Crippen LogP contribution in [0.4, 0.5) is 11.4 Å². The van der Waals surface area contributed by atoms with E-state index >= 15 is 0 Å². The predicted octanol–water partition coefficient (Wildman–Crippen LogP) is 3.27. The summed E-state index contributed by atoms with van der Waals surface area (Å²) in [6.45, 7) is 2.93. The summed E-state index contributed by atoms with van der Waals surface area (Å²) in [6.07, 6.45) is 5.36. The Balaban J connectivity index is 1.24. The lowest BCUT2D eigenvalue weighted by Crippen LogP contribution is -2.35. The van der Waals surface area contributed by atoms with Crippen LogP contribution >= 0.6 is 0 Å². The van der Waals surface area contributed by atoms with Crippen LogP contribution in [0.3, 0.4) is 0 Å². The number of amides is 3. The molecule has 2 aromatic carbocycles. The highest BCUT2D eigenvalue weighted by molar-refractivity contribution is 5.98. The third-order valence-corrected chi connectivity index (χ3v) is 6.15. The van der Waals surface area contributed by atoms with Crippen LogP contribution in [-0.2, 0) is 9.53 Å². The Morgan fingerprint density at radius 2 is 1.71 bits per heavy atom. The number of nitrogens with zero attached hydrogens (tertiary/aromatic N) is 1. The zero-order valence-electron chi connectivity index (χ0n) is 19.3. The number of hydrogen-bond acceptors (Lipinski definition) is 5. The van der Waals surface area contributed by atoms with E-state index in [9.17, 15) is 14.4 Å². The van der Waals surface area contributed by atoms with Gasteiger partial charge >= 0.3 is 0 Å². The van der Waals surface area contributed by atoms with Crippen molar-refractivity contribution in [3.05, 3.63) is 59.7 Å². The van der Waals surface area contributed by atoms with Crippen molar-refractivity contribution in [2.24, 2.45) is 0 Å². The van der Waals surface area contributed by atoms with Gasteiger partial charge in [0.1, 0.15) is 0 Å². The first kappa shape index (κ1) is 23.8. The minimum Gasteiger partial charge on any atom is -0.376 e. The minimum absolute atomic E-state index is 0.0590. The van der Waals surface area contributed by atoms with E-state index in [0.29, 0.717) is 23.4 Å². The van der Waals surface area contributed by atoms with E-state index in [1.807, 2.05) is 17.0 Å². The molecule has 0 aliphatic carbocycles. The number of carbonyl (C=O) groups is 3. The van der Waals surface area contributed by atoms with Gasteiger partial charge in [0, 0.05) is 48.7 Å². The largest absolute Gasteiger partial charge is 0.376 e. The molecule has 180 valence electrons. The van der Waals surface area contributed by atoms with Crippen LogP contribution in [-0.4, -0.2) is 61.5 Å². The second-order valence-corrected chi connectivity index (χ2v) is 8.76. The molecule has 8 heteroatoms. The number of carbonyl (C=O) groups excluding carboxylic acids is 3. The number of rotatable bonds is 8. The Morgan fingerprint density at radius 3 is 2.44 bits per heavy atom. The van der Waals surface area contributed by atoms with Crippen LogP contribution in [0.2, 0.25) is 0 Å². The van der Waals surface area contributed by atoms with Crippen molar-refractivity contribution in [1.82, 2.24) is 10.2 Å². The molecular weight excluding hydrogens is 432 g/mol. The Morgan fingerprint density at radius 1 is 0.912 bits per heavy atom. The van der Waals surface area contributed by atoms with Gasteiger partial charge in [0.25, 0.3) is 11.8 Å². The summed E-state index contributed by atoms with van der Waals surface area (Å²) in [5, 5.41) is 8.76. The lowest BCUT2D eigenvalue weighted by atomic mass is 10.1.